The van der Waals surface area contributed by atoms with Gasteiger partial charge in [-0.2, -0.15) is 4.98 Å². The number of hydrogen-bond acceptors (Lipinski definition) is 4. The van der Waals surface area contributed by atoms with E-state index in [-0.39, 0.29) is 5.54 Å². The summed E-state index contributed by atoms with van der Waals surface area (Å²) in [4.78, 5) is 4.40. The zero-order valence-corrected chi connectivity index (χ0v) is 11.8. The maximum atomic E-state index is 5.25. The summed E-state index contributed by atoms with van der Waals surface area (Å²) >= 11 is 0. The molecule has 19 heavy (non-hydrogen) atoms. The second-order valence-corrected chi connectivity index (χ2v) is 5.36. The number of rotatable bonds is 6. The molecule has 0 radical (unpaired) electrons. The topological polar surface area (TPSA) is 51.0 Å². The summed E-state index contributed by atoms with van der Waals surface area (Å²) < 4.78 is 5.25. The van der Waals surface area contributed by atoms with Crippen LogP contribution in [0.2, 0.25) is 0 Å². The Kier molecular flexibility index (Phi) is 4.32. The fourth-order valence-electron chi connectivity index (χ4n) is 1.65. The van der Waals surface area contributed by atoms with E-state index in [0.29, 0.717) is 18.9 Å². The van der Waals surface area contributed by atoms with Crippen molar-refractivity contribution in [3.63, 3.8) is 0 Å². The molecule has 2 aromatic rings. The van der Waals surface area contributed by atoms with E-state index in [1.165, 1.54) is 5.56 Å². The summed E-state index contributed by atoms with van der Waals surface area (Å²) in [7, 11) is 0. The van der Waals surface area contributed by atoms with Crippen LogP contribution >= 0.6 is 0 Å². The smallest absolute Gasteiger partial charge is 0.240 e. The first-order valence-electron chi connectivity index (χ1n) is 6.69. The van der Waals surface area contributed by atoms with Crippen LogP contribution in [0.25, 0.3) is 0 Å². The largest absolute Gasteiger partial charge is 0.338 e. The summed E-state index contributed by atoms with van der Waals surface area (Å²) in [5, 5.41) is 7.42. The van der Waals surface area contributed by atoms with Gasteiger partial charge in [-0.05, 0) is 25.8 Å². The van der Waals surface area contributed by atoms with Crippen molar-refractivity contribution >= 4 is 0 Å². The van der Waals surface area contributed by atoms with Crippen molar-refractivity contribution in [3.05, 3.63) is 47.6 Å². The molecule has 0 aliphatic heterocycles. The summed E-state index contributed by atoms with van der Waals surface area (Å²) in [6, 6.07) is 10.2. The van der Waals surface area contributed by atoms with Crippen molar-refractivity contribution in [2.75, 3.05) is 0 Å². The van der Waals surface area contributed by atoms with E-state index in [1.807, 2.05) is 18.2 Å². The molecular weight excluding hydrogens is 238 g/mol. The molecule has 1 N–H and O–H groups in total. The third-order valence-corrected chi connectivity index (χ3v) is 3.32. The van der Waals surface area contributed by atoms with Gasteiger partial charge in [-0.25, -0.2) is 0 Å². The van der Waals surface area contributed by atoms with Gasteiger partial charge in [0.25, 0.3) is 0 Å². The number of benzene rings is 1. The average molecular weight is 259 g/mol. The number of aromatic nitrogens is 2. The molecule has 0 bridgehead atoms. The first-order chi connectivity index (χ1) is 9.09. The predicted molar refractivity (Wildman–Crippen MR) is 74.8 cm³/mol. The van der Waals surface area contributed by atoms with Crippen LogP contribution < -0.4 is 5.32 Å². The lowest BCUT2D eigenvalue weighted by molar-refractivity contribution is 0.317. The van der Waals surface area contributed by atoms with E-state index in [2.05, 4.69) is 48.4 Å². The van der Waals surface area contributed by atoms with E-state index < -0.39 is 0 Å². The Labute approximate surface area is 114 Å². The van der Waals surface area contributed by atoms with Crippen LogP contribution in [0.5, 0.6) is 0 Å². The normalized spacial score (nSPS) is 11.7. The SMILES string of the molecule is CCC(C)(C)NCc1nc(Cc2ccccc2)no1. The lowest BCUT2D eigenvalue weighted by Gasteiger charge is -2.23. The third-order valence-electron chi connectivity index (χ3n) is 3.32. The van der Waals surface area contributed by atoms with Crippen molar-refractivity contribution in [1.82, 2.24) is 15.5 Å². The van der Waals surface area contributed by atoms with Gasteiger partial charge in [0, 0.05) is 12.0 Å². The van der Waals surface area contributed by atoms with Gasteiger partial charge < -0.3 is 9.84 Å². The molecule has 1 aromatic heterocycles. The molecule has 0 aliphatic carbocycles. The molecule has 0 amide bonds. The van der Waals surface area contributed by atoms with Crippen LogP contribution in [0.3, 0.4) is 0 Å². The van der Waals surface area contributed by atoms with Gasteiger partial charge in [-0.15, -0.1) is 0 Å². The Balaban J connectivity index is 1.92. The van der Waals surface area contributed by atoms with Gasteiger partial charge in [0.2, 0.25) is 5.89 Å². The quantitative estimate of drug-likeness (QED) is 0.866. The summed E-state index contributed by atoms with van der Waals surface area (Å²) in [6.45, 7) is 7.09. The first-order valence-corrected chi connectivity index (χ1v) is 6.69. The van der Waals surface area contributed by atoms with Crippen LogP contribution in [0.1, 0.15) is 44.5 Å². The van der Waals surface area contributed by atoms with Crippen LogP contribution in [-0.4, -0.2) is 15.7 Å². The van der Waals surface area contributed by atoms with Crippen LogP contribution in [0.4, 0.5) is 0 Å². The highest BCUT2D eigenvalue weighted by Gasteiger charge is 2.15. The minimum Gasteiger partial charge on any atom is -0.338 e. The Bertz CT molecular complexity index is 505. The molecule has 1 heterocycles. The monoisotopic (exact) mass is 259 g/mol. The van der Waals surface area contributed by atoms with E-state index in [4.69, 9.17) is 4.52 Å². The molecule has 0 saturated carbocycles. The van der Waals surface area contributed by atoms with Gasteiger partial charge in [0.15, 0.2) is 5.82 Å². The summed E-state index contributed by atoms with van der Waals surface area (Å²) in [6.07, 6.45) is 1.76. The fourth-order valence-corrected chi connectivity index (χ4v) is 1.65. The second-order valence-electron chi connectivity index (χ2n) is 5.36. The minimum absolute atomic E-state index is 0.0913. The number of nitrogens with one attached hydrogen (secondary N) is 1. The second kappa shape index (κ2) is 5.97. The minimum atomic E-state index is 0.0913. The molecule has 0 atom stereocenters. The van der Waals surface area contributed by atoms with Crippen molar-refractivity contribution in [2.24, 2.45) is 0 Å². The van der Waals surface area contributed by atoms with Crippen molar-refractivity contribution in [3.8, 4) is 0 Å². The van der Waals surface area contributed by atoms with Gasteiger partial charge >= 0.3 is 0 Å². The Morgan fingerprint density at radius 3 is 2.63 bits per heavy atom. The van der Waals surface area contributed by atoms with Gasteiger partial charge in [-0.1, -0.05) is 42.4 Å². The fraction of sp³-hybridized carbons (Fsp3) is 0.467. The lowest BCUT2D eigenvalue weighted by Crippen LogP contribution is -2.37. The van der Waals surface area contributed by atoms with Crippen LogP contribution in [-0.2, 0) is 13.0 Å². The summed E-state index contributed by atoms with van der Waals surface area (Å²) in [5.41, 5.74) is 1.28. The molecule has 0 saturated heterocycles. The maximum absolute atomic E-state index is 5.25. The molecular formula is C15H21N3O. The standard InChI is InChI=1S/C15H21N3O/c1-4-15(2,3)16-11-14-17-13(18-19-14)10-12-8-6-5-7-9-12/h5-9,16H,4,10-11H2,1-3H3. The zero-order chi connectivity index (χ0) is 13.7. The predicted octanol–water partition coefficient (Wildman–Crippen LogP) is 2.94. The Morgan fingerprint density at radius 1 is 1.21 bits per heavy atom. The van der Waals surface area contributed by atoms with Gasteiger partial charge in [0.05, 0.1) is 6.54 Å². The molecule has 102 valence electrons. The average Bonchev–Trinajstić information content (AvgIpc) is 2.86. The van der Waals surface area contributed by atoms with Gasteiger partial charge in [0.1, 0.15) is 0 Å². The zero-order valence-electron chi connectivity index (χ0n) is 11.8. The number of nitrogens with zero attached hydrogens (tertiary/aromatic N) is 2. The number of hydrogen-bond donors (Lipinski definition) is 1. The third kappa shape index (κ3) is 4.17. The van der Waals surface area contributed by atoms with E-state index >= 15 is 0 Å². The molecule has 4 nitrogen and oxygen atoms in total. The highest BCUT2D eigenvalue weighted by Crippen LogP contribution is 2.10. The van der Waals surface area contributed by atoms with Gasteiger partial charge in [-0.3, -0.25) is 0 Å². The molecule has 2 rings (SSSR count). The molecule has 1 aromatic carbocycles. The molecule has 0 spiro atoms. The molecule has 0 unspecified atom stereocenters. The maximum Gasteiger partial charge on any atom is 0.240 e. The van der Waals surface area contributed by atoms with E-state index in [9.17, 15) is 0 Å². The highest BCUT2D eigenvalue weighted by atomic mass is 16.5. The molecule has 0 fully saturated rings. The van der Waals surface area contributed by atoms with E-state index in [1.54, 1.807) is 0 Å². The van der Waals surface area contributed by atoms with E-state index in [0.717, 1.165) is 12.2 Å². The Morgan fingerprint density at radius 2 is 1.95 bits per heavy atom. The summed E-state index contributed by atoms with van der Waals surface area (Å²) in [5.74, 6) is 1.38. The van der Waals surface area contributed by atoms with Crippen molar-refractivity contribution < 1.29 is 4.52 Å². The van der Waals surface area contributed by atoms with Crippen molar-refractivity contribution in [1.29, 1.82) is 0 Å². The van der Waals surface area contributed by atoms with Crippen LogP contribution in [0.15, 0.2) is 34.9 Å². The highest BCUT2D eigenvalue weighted by molar-refractivity contribution is 5.18. The first kappa shape index (κ1) is 13.7. The Hall–Kier alpha value is -1.68. The van der Waals surface area contributed by atoms with Crippen LogP contribution in [0, 0.1) is 0 Å². The lowest BCUT2D eigenvalue weighted by atomic mass is 10.0. The molecule has 4 heteroatoms. The molecule has 0 aliphatic rings. The van der Waals surface area contributed by atoms with Crippen molar-refractivity contribution in [2.45, 2.75) is 45.7 Å².